The van der Waals surface area contributed by atoms with Gasteiger partial charge in [-0.1, -0.05) is 76.1 Å². The number of hydrogen-bond acceptors (Lipinski definition) is 3. The molecule has 7 heteroatoms. The molecule has 4 aromatic rings. The van der Waals surface area contributed by atoms with Crippen molar-refractivity contribution in [1.29, 1.82) is 0 Å². The summed E-state index contributed by atoms with van der Waals surface area (Å²) in [7, 11) is 0. The average molecular weight is 524 g/mol. The highest BCUT2D eigenvalue weighted by Crippen LogP contribution is 2.31. The smallest absolute Gasteiger partial charge is 0.312 e. The number of hydrogen-bond donors (Lipinski definition) is 2. The molecule has 1 aromatic heterocycles. The zero-order chi connectivity index (χ0) is 23.5. The van der Waals surface area contributed by atoms with Crippen LogP contribution >= 0.6 is 27.5 Å². The zero-order valence-corrected chi connectivity index (χ0v) is 20.0. The summed E-state index contributed by atoms with van der Waals surface area (Å²) in [5, 5.41) is 13.6. The normalized spacial score (nSPS) is 11.8. The number of amides is 1. The number of pyridine rings is 1. The summed E-state index contributed by atoms with van der Waals surface area (Å²) in [6, 6.07) is 22.0. The quantitative estimate of drug-likeness (QED) is 0.314. The van der Waals surface area contributed by atoms with Crippen molar-refractivity contribution in [2.45, 2.75) is 12.8 Å². The highest BCUT2D eigenvalue weighted by atomic mass is 79.9. The Kier molecular flexibility index (Phi) is 6.77. The van der Waals surface area contributed by atoms with E-state index in [1.807, 2.05) is 55.5 Å². The van der Waals surface area contributed by atoms with Gasteiger partial charge in [0.25, 0.3) is 5.91 Å². The van der Waals surface area contributed by atoms with Gasteiger partial charge in [0.15, 0.2) is 0 Å². The Hall–Kier alpha value is -3.22. The first kappa shape index (κ1) is 23.0. The van der Waals surface area contributed by atoms with Crippen molar-refractivity contribution in [3.63, 3.8) is 0 Å². The van der Waals surface area contributed by atoms with E-state index in [-0.39, 0.29) is 12.5 Å². The Morgan fingerprint density at radius 2 is 1.76 bits per heavy atom. The van der Waals surface area contributed by atoms with Crippen LogP contribution in [0.1, 0.15) is 27.4 Å². The summed E-state index contributed by atoms with van der Waals surface area (Å²) >= 11 is 9.69. The fraction of sp³-hybridized carbons (Fsp3) is 0.115. The van der Waals surface area contributed by atoms with Gasteiger partial charge < -0.3 is 10.4 Å². The summed E-state index contributed by atoms with van der Waals surface area (Å²) in [4.78, 5) is 30.2. The summed E-state index contributed by atoms with van der Waals surface area (Å²) in [6.07, 6.45) is 0. The molecular formula is C26H20BrClN2O3. The van der Waals surface area contributed by atoms with Crippen molar-refractivity contribution in [3.05, 3.63) is 99.0 Å². The minimum absolute atomic E-state index is 0.101. The third-order valence-corrected chi connectivity index (χ3v) is 6.35. The SMILES string of the molecule is Cc1c(-c2ccccc2)nc2ccc(Br)cc2c1C(=O)NC[C@H](C(=O)O)c1ccccc1Cl. The highest BCUT2D eigenvalue weighted by Gasteiger charge is 2.25. The van der Waals surface area contributed by atoms with Crippen molar-refractivity contribution in [3.8, 4) is 11.3 Å². The topological polar surface area (TPSA) is 79.3 Å². The number of carbonyl (C=O) groups is 2. The number of nitrogens with zero attached hydrogens (tertiary/aromatic N) is 1. The molecule has 0 spiro atoms. The van der Waals surface area contributed by atoms with Crippen molar-refractivity contribution in [2.24, 2.45) is 0 Å². The summed E-state index contributed by atoms with van der Waals surface area (Å²) < 4.78 is 0.817. The molecule has 1 amide bonds. The third kappa shape index (κ3) is 4.77. The maximum atomic E-state index is 13.4. The second-order valence-corrected chi connectivity index (χ2v) is 8.93. The number of carbonyl (C=O) groups excluding carboxylic acids is 1. The maximum Gasteiger partial charge on any atom is 0.312 e. The van der Waals surface area contributed by atoms with Crippen molar-refractivity contribution < 1.29 is 14.7 Å². The van der Waals surface area contributed by atoms with E-state index in [1.165, 1.54) is 0 Å². The molecule has 1 heterocycles. The summed E-state index contributed by atoms with van der Waals surface area (Å²) in [5.41, 5.74) is 3.91. The lowest BCUT2D eigenvalue weighted by Crippen LogP contribution is -2.32. The van der Waals surface area contributed by atoms with Crippen LogP contribution in [0.5, 0.6) is 0 Å². The molecule has 166 valence electrons. The molecule has 5 nitrogen and oxygen atoms in total. The number of aromatic nitrogens is 1. The van der Waals surface area contributed by atoms with Crippen LogP contribution in [0.15, 0.2) is 77.3 Å². The van der Waals surface area contributed by atoms with E-state index in [0.717, 1.165) is 10.0 Å². The first-order valence-electron chi connectivity index (χ1n) is 10.3. The fourth-order valence-corrected chi connectivity index (χ4v) is 4.50. The van der Waals surface area contributed by atoms with Gasteiger partial charge in [0, 0.05) is 27.0 Å². The number of rotatable bonds is 6. The van der Waals surface area contributed by atoms with E-state index in [0.29, 0.717) is 38.3 Å². The molecule has 0 aliphatic heterocycles. The van der Waals surface area contributed by atoms with Crippen molar-refractivity contribution in [2.75, 3.05) is 6.54 Å². The predicted octanol–water partition coefficient (Wildman–Crippen LogP) is 6.22. The molecular weight excluding hydrogens is 504 g/mol. The van der Waals surface area contributed by atoms with Gasteiger partial charge in [-0.25, -0.2) is 4.98 Å². The molecule has 0 aliphatic carbocycles. The van der Waals surface area contributed by atoms with E-state index >= 15 is 0 Å². The third-order valence-electron chi connectivity index (χ3n) is 5.51. The van der Waals surface area contributed by atoms with Crippen molar-refractivity contribution in [1.82, 2.24) is 10.3 Å². The molecule has 0 saturated carbocycles. The number of benzene rings is 3. The number of aliphatic carboxylic acids is 1. The molecule has 0 aliphatic rings. The van der Waals surface area contributed by atoms with Crippen LogP contribution < -0.4 is 5.32 Å². The zero-order valence-electron chi connectivity index (χ0n) is 17.7. The number of fused-ring (bicyclic) bond motifs is 1. The second kappa shape index (κ2) is 9.73. The first-order valence-corrected chi connectivity index (χ1v) is 11.4. The van der Waals surface area contributed by atoms with Crippen LogP contribution in [0.3, 0.4) is 0 Å². The van der Waals surface area contributed by atoms with Gasteiger partial charge >= 0.3 is 5.97 Å². The van der Waals surface area contributed by atoms with Gasteiger partial charge in [0.2, 0.25) is 0 Å². The maximum absolute atomic E-state index is 13.4. The standard InChI is InChI=1S/C26H20BrClN2O3/c1-15-23(25(31)29-14-20(26(32)33)18-9-5-6-10-21(18)28)19-13-17(27)11-12-22(19)30-24(15)16-7-3-2-4-8-16/h2-13,20H,14H2,1H3,(H,29,31)(H,32,33)/t20-/m0/s1. The van der Waals surface area contributed by atoms with E-state index in [9.17, 15) is 14.7 Å². The molecule has 0 unspecified atom stereocenters. The minimum Gasteiger partial charge on any atom is -0.481 e. The van der Waals surface area contributed by atoms with Crippen LogP contribution in [0.25, 0.3) is 22.2 Å². The first-order chi connectivity index (χ1) is 15.9. The van der Waals surface area contributed by atoms with E-state index in [1.54, 1.807) is 24.3 Å². The lowest BCUT2D eigenvalue weighted by molar-refractivity contribution is -0.138. The van der Waals surface area contributed by atoms with E-state index < -0.39 is 11.9 Å². The average Bonchev–Trinajstić information content (AvgIpc) is 2.80. The monoisotopic (exact) mass is 522 g/mol. The molecule has 0 saturated heterocycles. The van der Waals surface area contributed by atoms with Crippen LogP contribution in [0.4, 0.5) is 0 Å². The van der Waals surface area contributed by atoms with Crippen molar-refractivity contribution >= 4 is 50.3 Å². The molecule has 0 radical (unpaired) electrons. The minimum atomic E-state index is -1.06. The number of carboxylic acid groups (broad SMARTS) is 1. The Morgan fingerprint density at radius 1 is 1.06 bits per heavy atom. The number of carboxylic acids is 1. The van der Waals surface area contributed by atoms with Gasteiger partial charge in [0.05, 0.1) is 16.8 Å². The van der Waals surface area contributed by atoms with Gasteiger partial charge in [-0.15, -0.1) is 0 Å². The molecule has 33 heavy (non-hydrogen) atoms. The highest BCUT2D eigenvalue weighted by molar-refractivity contribution is 9.10. The Labute approximate surface area is 204 Å². The van der Waals surface area contributed by atoms with E-state index in [2.05, 4.69) is 21.2 Å². The van der Waals surface area contributed by atoms with E-state index in [4.69, 9.17) is 16.6 Å². The molecule has 4 rings (SSSR count). The Balaban J connectivity index is 1.76. The molecule has 0 bridgehead atoms. The van der Waals surface area contributed by atoms with Gasteiger partial charge in [-0.05, 0) is 42.3 Å². The molecule has 3 aromatic carbocycles. The van der Waals surface area contributed by atoms with Crippen LogP contribution in [-0.2, 0) is 4.79 Å². The van der Waals surface area contributed by atoms with Gasteiger partial charge in [-0.3, -0.25) is 9.59 Å². The Morgan fingerprint density at radius 3 is 2.45 bits per heavy atom. The lowest BCUT2D eigenvalue weighted by Gasteiger charge is -2.18. The number of nitrogens with one attached hydrogen (secondary N) is 1. The second-order valence-electron chi connectivity index (χ2n) is 7.61. The van der Waals surface area contributed by atoms with Crippen LogP contribution in [0, 0.1) is 6.92 Å². The fourth-order valence-electron chi connectivity index (χ4n) is 3.87. The largest absolute Gasteiger partial charge is 0.481 e. The molecule has 0 fully saturated rings. The van der Waals surface area contributed by atoms with Crippen LogP contribution in [-0.4, -0.2) is 28.5 Å². The summed E-state index contributed by atoms with van der Waals surface area (Å²) in [5.74, 6) is -2.41. The Bertz CT molecular complexity index is 1360. The van der Waals surface area contributed by atoms with Gasteiger partial charge in [0.1, 0.15) is 5.92 Å². The molecule has 1 atom stereocenters. The van der Waals surface area contributed by atoms with Gasteiger partial charge in [-0.2, -0.15) is 0 Å². The summed E-state index contributed by atoms with van der Waals surface area (Å²) in [6.45, 7) is 1.75. The number of halogens is 2. The molecule has 2 N–H and O–H groups in total. The lowest BCUT2D eigenvalue weighted by atomic mass is 9.96. The predicted molar refractivity (Wildman–Crippen MR) is 134 cm³/mol. The van der Waals surface area contributed by atoms with Crippen LogP contribution in [0.2, 0.25) is 5.02 Å².